The molecule has 0 radical (unpaired) electrons. The molecule has 3 aliphatic carbocycles. The molecule has 222 valence electrons. The Labute approximate surface area is 250 Å². The molecule has 0 amide bonds. The quantitative estimate of drug-likeness (QED) is 0.250. The fourth-order valence-electron chi connectivity index (χ4n) is 8.76. The van der Waals surface area contributed by atoms with Crippen LogP contribution in [0.2, 0.25) is 0 Å². The molecule has 2 heterocycles. The summed E-state index contributed by atoms with van der Waals surface area (Å²) in [7, 11) is 1.97. The van der Waals surface area contributed by atoms with Gasteiger partial charge in [-0.2, -0.15) is 0 Å². The van der Waals surface area contributed by atoms with Crippen LogP contribution in [0.15, 0.2) is 64.9 Å². The Morgan fingerprint density at radius 1 is 1.02 bits per heavy atom. The van der Waals surface area contributed by atoms with Gasteiger partial charge in [0.15, 0.2) is 0 Å². The number of hydrogen-bond acceptors (Lipinski definition) is 4. The van der Waals surface area contributed by atoms with Crippen molar-refractivity contribution in [3.63, 3.8) is 0 Å². The van der Waals surface area contributed by atoms with Crippen LogP contribution < -0.4 is 15.5 Å². The maximum atomic E-state index is 4.16. The number of nitrogens with zero attached hydrogens (tertiary/aromatic N) is 2. The van der Waals surface area contributed by atoms with Crippen LogP contribution in [0, 0.1) is 5.41 Å². The zero-order chi connectivity index (χ0) is 28.4. The molecule has 6 rings (SSSR count). The number of benzene rings is 1. The Hall–Kier alpha value is -2.46. The first-order chi connectivity index (χ1) is 20.0. The van der Waals surface area contributed by atoms with E-state index in [0.717, 1.165) is 19.4 Å². The maximum absolute atomic E-state index is 4.16. The number of allylic oxidation sites excluding steroid dienone is 5. The Kier molecular flexibility index (Phi) is 8.68. The minimum atomic E-state index is 0.267. The first kappa shape index (κ1) is 28.6. The lowest BCUT2D eigenvalue weighted by Gasteiger charge is -2.37. The van der Waals surface area contributed by atoms with Gasteiger partial charge in [-0.3, -0.25) is 0 Å². The molecule has 2 aliphatic heterocycles. The van der Waals surface area contributed by atoms with Gasteiger partial charge >= 0.3 is 0 Å². The van der Waals surface area contributed by atoms with Crippen LogP contribution in [0.25, 0.3) is 0 Å². The smallest absolute Gasteiger partial charge is 0.0432 e. The highest BCUT2D eigenvalue weighted by Crippen LogP contribution is 2.56. The molecule has 5 aliphatic rings. The van der Waals surface area contributed by atoms with E-state index in [1.807, 2.05) is 7.05 Å². The van der Waals surface area contributed by atoms with Crippen molar-refractivity contribution in [3.8, 4) is 0 Å². The van der Waals surface area contributed by atoms with Gasteiger partial charge in [0.1, 0.15) is 0 Å². The third kappa shape index (κ3) is 5.78. The van der Waals surface area contributed by atoms with E-state index in [2.05, 4.69) is 83.8 Å². The molecule has 1 fully saturated rings. The predicted octanol–water partition coefficient (Wildman–Crippen LogP) is 8.32. The Bertz CT molecular complexity index is 1220. The van der Waals surface area contributed by atoms with Gasteiger partial charge in [-0.15, -0.1) is 0 Å². The molecule has 0 spiro atoms. The lowest BCUT2D eigenvalue weighted by molar-refractivity contribution is 0.329. The van der Waals surface area contributed by atoms with Crippen LogP contribution in [-0.2, 0) is 0 Å². The lowest BCUT2D eigenvalue weighted by Crippen LogP contribution is -2.39. The van der Waals surface area contributed by atoms with Crippen LogP contribution in [-0.4, -0.2) is 50.2 Å². The van der Waals surface area contributed by atoms with E-state index in [1.54, 1.807) is 27.9 Å². The van der Waals surface area contributed by atoms with Gasteiger partial charge in [-0.1, -0.05) is 56.2 Å². The van der Waals surface area contributed by atoms with Gasteiger partial charge < -0.3 is 20.4 Å². The van der Waals surface area contributed by atoms with E-state index < -0.39 is 0 Å². The minimum Gasteiger partial charge on any atom is -0.394 e. The molecule has 1 saturated heterocycles. The summed E-state index contributed by atoms with van der Waals surface area (Å²) in [4.78, 5) is 5.43. The van der Waals surface area contributed by atoms with Crippen molar-refractivity contribution in [2.75, 3.05) is 43.4 Å². The molecule has 0 saturated carbocycles. The number of likely N-dealkylation sites (tertiary alicyclic amines) is 1. The minimum absolute atomic E-state index is 0.267. The fourth-order valence-corrected chi connectivity index (χ4v) is 8.76. The molecule has 4 nitrogen and oxygen atoms in total. The summed E-state index contributed by atoms with van der Waals surface area (Å²) in [5.74, 6) is 0.513. The van der Waals surface area contributed by atoms with E-state index in [1.165, 1.54) is 88.8 Å². The lowest BCUT2D eigenvalue weighted by atomic mass is 9.73. The molecule has 0 aromatic heterocycles. The summed E-state index contributed by atoms with van der Waals surface area (Å²) in [6.07, 6.45) is 23.1. The molecule has 1 aromatic rings. The summed E-state index contributed by atoms with van der Waals surface area (Å²) >= 11 is 0. The first-order valence-electron chi connectivity index (χ1n) is 16.8. The van der Waals surface area contributed by atoms with Crippen molar-refractivity contribution in [2.45, 2.75) is 109 Å². The van der Waals surface area contributed by atoms with E-state index in [0.29, 0.717) is 18.0 Å². The van der Waals surface area contributed by atoms with Crippen LogP contribution in [0.3, 0.4) is 0 Å². The average Bonchev–Trinajstić information content (AvgIpc) is 3.52. The average molecular weight is 555 g/mol. The van der Waals surface area contributed by atoms with E-state index in [9.17, 15) is 0 Å². The third-order valence-corrected chi connectivity index (χ3v) is 10.9. The summed E-state index contributed by atoms with van der Waals surface area (Å²) < 4.78 is 0. The highest BCUT2D eigenvalue weighted by molar-refractivity contribution is 5.70. The highest BCUT2D eigenvalue weighted by Gasteiger charge is 2.42. The van der Waals surface area contributed by atoms with Crippen molar-refractivity contribution in [1.82, 2.24) is 10.2 Å². The summed E-state index contributed by atoms with van der Waals surface area (Å²) in [5, 5.41) is 7.27. The molecule has 1 aromatic carbocycles. The highest BCUT2D eigenvalue weighted by atomic mass is 15.3. The molecule has 41 heavy (non-hydrogen) atoms. The Balaban J connectivity index is 1.19. The first-order valence-corrected chi connectivity index (χ1v) is 16.8. The van der Waals surface area contributed by atoms with Gasteiger partial charge in [0.05, 0.1) is 0 Å². The topological polar surface area (TPSA) is 30.5 Å². The largest absolute Gasteiger partial charge is 0.394 e. The number of unbranched alkanes of at least 4 members (excludes halogenated alkanes) is 1. The van der Waals surface area contributed by atoms with Crippen molar-refractivity contribution in [3.05, 3.63) is 70.5 Å². The van der Waals surface area contributed by atoms with Gasteiger partial charge in [0, 0.05) is 61.1 Å². The normalized spacial score (nSPS) is 28.8. The molecule has 0 bridgehead atoms. The van der Waals surface area contributed by atoms with Crippen molar-refractivity contribution >= 4 is 11.4 Å². The van der Waals surface area contributed by atoms with Gasteiger partial charge in [0.2, 0.25) is 0 Å². The summed E-state index contributed by atoms with van der Waals surface area (Å²) in [5.41, 5.74) is 11.8. The third-order valence-electron chi connectivity index (χ3n) is 10.9. The van der Waals surface area contributed by atoms with Crippen molar-refractivity contribution in [2.24, 2.45) is 5.41 Å². The maximum Gasteiger partial charge on any atom is 0.0432 e. The van der Waals surface area contributed by atoms with Crippen molar-refractivity contribution < 1.29 is 0 Å². The number of fused-ring (bicyclic) bond motifs is 2. The van der Waals surface area contributed by atoms with Gasteiger partial charge in [-0.05, 0) is 113 Å². The number of nitrogens with one attached hydrogen (secondary N) is 2. The van der Waals surface area contributed by atoms with Crippen LogP contribution >= 0.6 is 0 Å². The van der Waals surface area contributed by atoms with E-state index >= 15 is 0 Å². The summed E-state index contributed by atoms with van der Waals surface area (Å²) in [6.45, 7) is 12.1. The van der Waals surface area contributed by atoms with Crippen LogP contribution in [0.1, 0.15) is 103 Å². The second-order valence-corrected chi connectivity index (χ2v) is 13.9. The van der Waals surface area contributed by atoms with Crippen LogP contribution in [0.5, 0.6) is 0 Å². The molecule has 4 heteroatoms. The van der Waals surface area contributed by atoms with Crippen molar-refractivity contribution in [1.29, 1.82) is 0 Å². The predicted molar refractivity (Wildman–Crippen MR) is 176 cm³/mol. The van der Waals surface area contributed by atoms with E-state index in [4.69, 9.17) is 0 Å². The molecule has 3 unspecified atom stereocenters. The second-order valence-electron chi connectivity index (χ2n) is 13.9. The number of hydrogen-bond donors (Lipinski definition) is 2. The fraction of sp³-hybridized carbons (Fsp3) is 0.622. The van der Waals surface area contributed by atoms with E-state index in [-0.39, 0.29) is 5.41 Å². The number of anilines is 2. The Morgan fingerprint density at radius 3 is 2.76 bits per heavy atom. The summed E-state index contributed by atoms with van der Waals surface area (Å²) in [6, 6.07) is 8.24. The molecule has 2 N–H and O–H groups in total. The zero-order valence-electron chi connectivity index (χ0n) is 26.3. The monoisotopic (exact) mass is 554 g/mol. The van der Waals surface area contributed by atoms with Gasteiger partial charge in [0.25, 0.3) is 0 Å². The second kappa shape index (κ2) is 12.4. The zero-order valence-corrected chi connectivity index (χ0v) is 26.3. The Morgan fingerprint density at radius 2 is 1.88 bits per heavy atom. The molecule has 3 atom stereocenters. The SMILES string of the molecule is CN/C=C\CCCN1CCC(N2C/C=C\CC(C)c3c(NC4CCC5=C(C4)C(C)(C)C4=C5CCCC4)cccc32)C1. The van der Waals surface area contributed by atoms with Gasteiger partial charge in [-0.25, -0.2) is 0 Å². The number of rotatable bonds is 8. The van der Waals surface area contributed by atoms with Crippen LogP contribution in [0.4, 0.5) is 11.4 Å². The molecular formula is C37H54N4. The molecular weight excluding hydrogens is 500 g/mol. The standard InChI is InChI=1S/C37H54N4/c1-27-13-8-11-23-41(29-20-24-40(26-29)22-10-5-9-21-38-4)35-17-12-16-34(36(27)35)39-28-18-19-31-30-14-6-7-15-32(30)37(2,3)33(31)25-28/h8-9,11-12,16-17,21,27-29,38-39H,5-7,10,13-15,18-20,22-26H2,1-4H3/b11-8-,21-9-.